The summed E-state index contributed by atoms with van der Waals surface area (Å²) in [6.45, 7) is 8.73. The van der Waals surface area contributed by atoms with Crippen LogP contribution in [0.4, 0.5) is 5.13 Å². The van der Waals surface area contributed by atoms with Gasteiger partial charge in [0.05, 0.1) is 5.75 Å². The quantitative estimate of drug-likeness (QED) is 0.300. The molecule has 1 fully saturated rings. The van der Waals surface area contributed by atoms with E-state index in [1.165, 1.54) is 42.4 Å². The van der Waals surface area contributed by atoms with Crippen LogP contribution >= 0.6 is 23.1 Å². The predicted octanol–water partition coefficient (Wildman–Crippen LogP) is 5.29. The van der Waals surface area contributed by atoms with Gasteiger partial charge in [0.25, 0.3) is 0 Å². The lowest BCUT2D eigenvalue weighted by molar-refractivity contribution is -0.113. The number of carbonyl (C=O) groups excluding carboxylic acids is 1. The Morgan fingerprint density at radius 3 is 2.68 bits per heavy atom. The van der Waals surface area contributed by atoms with E-state index >= 15 is 0 Å². The van der Waals surface area contributed by atoms with Crippen molar-refractivity contribution in [3.8, 4) is 5.75 Å². The van der Waals surface area contributed by atoms with E-state index in [1.807, 2.05) is 30.5 Å². The van der Waals surface area contributed by atoms with Crippen LogP contribution in [0.2, 0.25) is 0 Å². The summed E-state index contributed by atoms with van der Waals surface area (Å²) >= 11 is 2.81. The SMILES string of the molecule is C=CCn1c(COc2cc(C)cc(C)c2)nnc1SCC(=O)Nc1nnc(C2CCCCC2)s1. The van der Waals surface area contributed by atoms with Crippen LogP contribution in [0.25, 0.3) is 0 Å². The fourth-order valence-corrected chi connectivity index (χ4v) is 5.79. The molecule has 0 saturated heterocycles. The Morgan fingerprint density at radius 1 is 1.18 bits per heavy atom. The van der Waals surface area contributed by atoms with Gasteiger partial charge in [-0.3, -0.25) is 14.7 Å². The highest BCUT2D eigenvalue weighted by Crippen LogP contribution is 2.35. The molecule has 0 atom stereocenters. The first-order valence-electron chi connectivity index (χ1n) is 11.5. The summed E-state index contributed by atoms with van der Waals surface area (Å²) in [5.74, 6) is 2.02. The van der Waals surface area contributed by atoms with Crippen LogP contribution in [0.5, 0.6) is 5.75 Å². The minimum atomic E-state index is -0.141. The van der Waals surface area contributed by atoms with E-state index in [-0.39, 0.29) is 18.3 Å². The number of allylic oxidation sites excluding steroid dienone is 1. The molecule has 1 saturated carbocycles. The molecule has 1 N–H and O–H groups in total. The highest BCUT2D eigenvalue weighted by Gasteiger charge is 2.20. The highest BCUT2D eigenvalue weighted by molar-refractivity contribution is 7.99. The number of aryl methyl sites for hydroxylation is 2. The van der Waals surface area contributed by atoms with E-state index in [0.717, 1.165) is 34.7 Å². The van der Waals surface area contributed by atoms with E-state index in [2.05, 4.69) is 38.4 Å². The number of nitrogens with one attached hydrogen (secondary N) is 1. The first-order valence-corrected chi connectivity index (χ1v) is 13.3. The molecule has 1 aliphatic rings. The maximum atomic E-state index is 12.5. The molecule has 0 aliphatic heterocycles. The molecule has 4 rings (SSSR count). The lowest BCUT2D eigenvalue weighted by atomic mass is 9.90. The number of anilines is 1. The Labute approximate surface area is 208 Å². The van der Waals surface area contributed by atoms with E-state index < -0.39 is 0 Å². The van der Waals surface area contributed by atoms with Gasteiger partial charge in [0.15, 0.2) is 11.0 Å². The van der Waals surface area contributed by atoms with E-state index in [9.17, 15) is 4.79 Å². The Bertz CT molecular complexity index is 1120. The van der Waals surface area contributed by atoms with Crippen molar-refractivity contribution in [1.29, 1.82) is 0 Å². The zero-order valence-electron chi connectivity index (χ0n) is 19.6. The topological polar surface area (TPSA) is 94.8 Å². The lowest BCUT2D eigenvalue weighted by Gasteiger charge is -2.18. The van der Waals surface area contributed by atoms with Crippen molar-refractivity contribution in [3.05, 3.63) is 52.8 Å². The molecule has 8 nitrogen and oxygen atoms in total. The van der Waals surface area contributed by atoms with Gasteiger partial charge in [-0.05, 0) is 49.9 Å². The van der Waals surface area contributed by atoms with Gasteiger partial charge in [-0.2, -0.15) is 0 Å². The van der Waals surface area contributed by atoms with Crippen LogP contribution in [0.3, 0.4) is 0 Å². The molecule has 0 bridgehead atoms. The second kappa shape index (κ2) is 11.6. The monoisotopic (exact) mass is 498 g/mol. The van der Waals surface area contributed by atoms with Crippen molar-refractivity contribution in [1.82, 2.24) is 25.0 Å². The molecule has 34 heavy (non-hydrogen) atoms. The molecular formula is C24H30N6O2S2. The fraction of sp³-hybridized carbons (Fsp3) is 0.458. The van der Waals surface area contributed by atoms with Crippen molar-refractivity contribution >= 4 is 34.1 Å². The average molecular weight is 499 g/mol. The van der Waals surface area contributed by atoms with Crippen LogP contribution in [-0.2, 0) is 17.9 Å². The predicted molar refractivity (Wildman–Crippen MR) is 136 cm³/mol. The van der Waals surface area contributed by atoms with E-state index in [0.29, 0.717) is 28.6 Å². The molecule has 1 aromatic carbocycles. The number of hydrogen-bond donors (Lipinski definition) is 1. The van der Waals surface area contributed by atoms with Crippen LogP contribution < -0.4 is 10.1 Å². The van der Waals surface area contributed by atoms with E-state index in [4.69, 9.17) is 4.74 Å². The lowest BCUT2D eigenvalue weighted by Crippen LogP contribution is -2.15. The summed E-state index contributed by atoms with van der Waals surface area (Å²) < 4.78 is 7.87. The van der Waals surface area contributed by atoms with E-state index in [1.54, 1.807) is 6.08 Å². The molecule has 1 aliphatic carbocycles. The van der Waals surface area contributed by atoms with Gasteiger partial charge in [-0.25, -0.2) is 0 Å². The Kier molecular flexibility index (Phi) is 8.34. The zero-order valence-corrected chi connectivity index (χ0v) is 21.3. The third-order valence-corrected chi connectivity index (χ3v) is 7.61. The molecule has 2 aromatic heterocycles. The molecule has 0 spiro atoms. The van der Waals surface area contributed by atoms with Crippen molar-refractivity contribution in [2.24, 2.45) is 0 Å². The van der Waals surface area contributed by atoms with Gasteiger partial charge in [0.1, 0.15) is 17.4 Å². The largest absolute Gasteiger partial charge is 0.486 e. The van der Waals surface area contributed by atoms with Gasteiger partial charge < -0.3 is 4.74 Å². The molecule has 2 heterocycles. The van der Waals surface area contributed by atoms with Crippen LogP contribution in [0, 0.1) is 13.8 Å². The van der Waals surface area contributed by atoms with Crippen LogP contribution in [0.15, 0.2) is 36.0 Å². The van der Waals surface area contributed by atoms with Crippen LogP contribution in [0.1, 0.15) is 60.0 Å². The zero-order chi connectivity index (χ0) is 23.9. The Morgan fingerprint density at radius 2 is 1.94 bits per heavy atom. The van der Waals surface area contributed by atoms with Gasteiger partial charge in [0, 0.05) is 12.5 Å². The summed E-state index contributed by atoms with van der Waals surface area (Å²) in [4.78, 5) is 12.5. The Hall–Kier alpha value is -2.72. The highest BCUT2D eigenvalue weighted by atomic mass is 32.2. The number of hydrogen-bond acceptors (Lipinski definition) is 8. The molecule has 0 radical (unpaired) electrons. The number of carbonyl (C=O) groups is 1. The summed E-state index contributed by atoms with van der Waals surface area (Å²) in [6.07, 6.45) is 7.88. The normalized spacial score (nSPS) is 14.2. The summed E-state index contributed by atoms with van der Waals surface area (Å²) in [7, 11) is 0. The van der Waals surface area contributed by atoms with Gasteiger partial charge in [-0.15, -0.1) is 27.0 Å². The second-order valence-electron chi connectivity index (χ2n) is 8.53. The molecular weight excluding hydrogens is 468 g/mol. The minimum Gasteiger partial charge on any atom is -0.486 e. The Balaban J connectivity index is 1.33. The van der Waals surface area contributed by atoms with Gasteiger partial charge in [0.2, 0.25) is 11.0 Å². The molecule has 180 valence electrons. The number of aromatic nitrogens is 5. The fourth-order valence-electron chi connectivity index (χ4n) is 4.09. The van der Waals surface area contributed by atoms with Gasteiger partial charge >= 0.3 is 0 Å². The van der Waals surface area contributed by atoms with Crippen molar-refractivity contribution in [3.63, 3.8) is 0 Å². The number of thioether (sulfide) groups is 1. The molecule has 1 amide bonds. The number of nitrogens with zero attached hydrogens (tertiary/aromatic N) is 5. The maximum absolute atomic E-state index is 12.5. The summed E-state index contributed by atoms with van der Waals surface area (Å²) in [5, 5.41) is 22.1. The third-order valence-electron chi connectivity index (χ3n) is 5.64. The number of ether oxygens (including phenoxy) is 1. The second-order valence-corrected chi connectivity index (χ2v) is 10.5. The third kappa shape index (κ3) is 6.44. The first-order chi connectivity index (χ1) is 16.5. The maximum Gasteiger partial charge on any atom is 0.236 e. The molecule has 10 heteroatoms. The number of amides is 1. The smallest absolute Gasteiger partial charge is 0.236 e. The molecule has 0 unspecified atom stereocenters. The summed E-state index contributed by atoms with van der Waals surface area (Å²) in [5.41, 5.74) is 2.29. The first kappa shape index (κ1) is 24.4. The summed E-state index contributed by atoms with van der Waals surface area (Å²) in [6, 6.07) is 6.09. The van der Waals surface area contributed by atoms with Crippen molar-refractivity contribution in [2.75, 3.05) is 11.1 Å². The minimum absolute atomic E-state index is 0.141. The van der Waals surface area contributed by atoms with Crippen molar-refractivity contribution < 1.29 is 9.53 Å². The standard InChI is InChI=1S/C24H30N6O2S2/c1-4-10-30-20(14-32-19-12-16(2)11-17(3)13-19)26-29-24(30)33-15-21(31)25-23-28-27-22(34-23)18-8-6-5-7-9-18/h4,11-13,18H,1,5-10,14-15H2,2-3H3,(H,25,28,31). The van der Waals surface area contributed by atoms with Gasteiger partial charge in [-0.1, -0.05) is 54.5 Å². The average Bonchev–Trinajstić information content (AvgIpc) is 3.44. The molecule has 3 aromatic rings. The van der Waals surface area contributed by atoms with Crippen molar-refractivity contribution in [2.45, 2.75) is 70.2 Å². The van der Waals surface area contributed by atoms with Crippen LogP contribution in [-0.4, -0.2) is 36.6 Å². The number of benzene rings is 1. The number of rotatable bonds is 10.